The third-order valence-corrected chi connectivity index (χ3v) is 0.776. The summed E-state index contributed by atoms with van der Waals surface area (Å²) in [5.74, 6) is 0. The number of hydrogen-bond donors (Lipinski definition) is 1. The van der Waals surface area contributed by atoms with Crippen molar-refractivity contribution >= 4 is 0 Å². The molecule has 1 aromatic heterocycles. The highest BCUT2D eigenvalue weighted by atomic mass is 14.7. The van der Waals surface area contributed by atoms with Crippen molar-refractivity contribution < 1.29 is 1.43 Å². The first-order valence-electron chi connectivity index (χ1n) is 2.35. The maximum absolute atomic E-state index is 7.00. The van der Waals surface area contributed by atoms with Gasteiger partial charge in [0, 0.05) is 6.20 Å². The van der Waals surface area contributed by atoms with Crippen LogP contribution in [-0.4, -0.2) is 4.98 Å². The number of nitrogens with zero attached hydrogens (tertiary/aromatic N) is 1. The summed E-state index contributed by atoms with van der Waals surface area (Å²) < 4.78 is 0. The Balaban J connectivity index is 0.000000640. The quantitative estimate of drug-likeness (QED) is 0.520. The lowest BCUT2D eigenvalue weighted by Crippen LogP contribution is -1.96. The van der Waals surface area contributed by atoms with Crippen molar-refractivity contribution in [3.8, 4) is 0 Å². The monoisotopic (exact) mass is 107 g/mol. The Kier molecular flexibility index (Phi) is 1.37. The van der Waals surface area contributed by atoms with Gasteiger partial charge in [0.1, 0.15) is 5.49 Å². The predicted molar refractivity (Wildman–Crippen MR) is 31.2 cm³/mol. The van der Waals surface area contributed by atoms with Gasteiger partial charge in [-0.15, -0.1) is 0 Å². The molecule has 1 aromatic rings. The molecule has 1 rings (SSSR count). The molecular formula is C6H7N2+. The van der Waals surface area contributed by atoms with Crippen LogP contribution in [0.15, 0.2) is 30.5 Å². The van der Waals surface area contributed by atoms with E-state index in [0.29, 0.717) is 5.49 Å². The Labute approximate surface area is 48.8 Å². The van der Waals surface area contributed by atoms with Crippen LogP contribution in [0.5, 0.6) is 0 Å². The molecular weight excluding hydrogens is 100 g/mol. The van der Waals surface area contributed by atoms with E-state index in [2.05, 4.69) is 4.98 Å². The third kappa shape index (κ3) is 1.15. The number of hydrogen-bond acceptors (Lipinski definition) is 2. The van der Waals surface area contributed by atoms with Crippen LogP contribution in [0.3, 0.4) is 0 Å². The highest BCUT2D eigenvalue weighted by Crippen LogP contribution is 1.69. The van der Waals surface area contributed by atoms with E-state index >= 15 is 0 Å². The molecule has 8 heavy (non-hydrogen) atoms. The summed E-state index contributed by atoms with van der Waals surface area (Å²) in [6, 6.07) is 7.05. The summed E-state index contributed by atoms with van der Waals surface area (Å²) in [7, 11) is 0. The van der Waals surface area contributed by atoms with Gasteiger partial charge >= 0.3 is 1.43 Å². The highest BCUT2D eigenvalue weighted by molar-refractivity contribution is 4.90. The van der Waals surface area contributed by atoms with Crippen LogP contribution < -0.4 is 5.49 Å². The van der Waals surface area contributed by atoms with E-state index in [1.54, 1.807) is 24.4 Å². The molecule has 0 aliphatic carbocycles. The zero-order valence-corrected chi connectivity index (χ0v) is 4.33. The van der Waals surface area contributed by atoms with Crippen LogP contribution in [0.2, 0.25) is 0 Å². The number of rotatable bonds is 0. The fourth-order valence-corrected chi connectivity index (χ4v) is 0.427. The lowest BCUT2D eigenvalue weighted by molar-refractivity contribution is 1.12. The molecule has 0 saturated carbocycles. The van der Waals surface area contributed by atoms with E-state index in [-0.39, 0.29) is 1.43 Å². The summed E-state index contributed by atoms with van der Waals surface area (Å²) in [6.45, 7) is 0. The van der Waals surface area contributed by atoms with Gasteiger partial charge in [-0.3, -0.25) is 5.41 Å². The van der Waals surface area contributed by atoms with Gasteiger partial charge in [-0.1, -0.05) is 12.1 Å². The van der Waals surface area contributed by atoms with Crippen molar-refractivity contribution in [3.63, 3.8) is 0 Å². The fourth-order valence-electron chi connectivity index (χ4n) is 0.427. The van der Waals surface area contributed by atoms with E-state index in [0.717, 1.165) is 0 Å². The molecule has 2 nitrogen and oxygen atoms in total. The van der Waals surface area contributed by atoms with Gasteiger partial charge < -0.3 is 0 Å². The van der Waals surface area contributed by atoms with Crippen molar-refractivity contribution in [1.82, 2.24) is 4.98 Å². The van der Waals surface area contributed by atoms with Crippen LogP contribution in [-0.2, 0) is 0 Å². The van der Waals surface area contributed by atoms with Crippen molar-refractivity contribution in [2.75, 3.05) is 0 Å². The highest BCUT2D eigenvalue weighted by Gasteiger charge is 1.66. The molecule has 1 heterocycles. The lowest BCUT2D eigenvalue weighted by Gasteiger charge is -1.61. The maximum atomic E-state index is 7.00. The van der Waals surface area contributed by atoms with E-state index < -0.39 is 0 Å². The van der Waals surface area contributed by atoms with Crippen molar-refractivity contribution in [2.45, 2.75) is 0 Å². The normalized spacial score (nSPS) is 8.50. The molecule has 2 heteroatoms. The van der Waals surface area contributed by atoms with E-state index in [1.807, 2.05) is 6.07 Å². The minimum atomic E-state index is 0. The smallest absolute Gasteiger partial charge is 0.283 e. The standard InChI is InChI=1S/C6H6N2/c7-6-4-2-1-3-5-8-6/h1-5,7H/p+1. The second kappa shape index (κ2) is 2.21. The molecule has 1 N–H and O–H groups in total. The average molecular weight is 107 g/mol. The molecule has 0 aliphatic heterocycles. The summed E-state index contributed by atoms with van der Waals surface area (Å²) >= 11 is 0. The van der Waals surface area contributed by atoms with E-state index in [1.165, 1.54) is 0 Å². The number of aromatic nitrogens is 1. The Bertz CT molecular complexity index is 202. The van der Waals surface area contributed by atoms with Crippen molar-refractivity contribution in [1.29, 1.82) is 5.41 Å². The van der Waals surface area contributed by atoms with Crippen molar-refractivity contribution in [3.05, 3.63) is 36.0 Å². The SMILES string of the molecule is N=c1cccccn1.[H+]. The molecule has 0 unspecified atom stereocenters. The average Bonchev–Trinajstić information content (AvgIpc) is 1.94. The van der Waals surface area contributed by atoms with Gasteiger partial charge in [-0.25, -0.2) is 4.98 Å². The van der Waals surface area contributed by atoms with Crippen LogP contribution in [0.4, 0.5) is 0 Å². The summed E-state index contributed by atoms with van der Waals surface area (Å²) in [5, 5.41) is 7.00. The minimum Gasteiger partial charge on any atom is -0.283 e. The van der Waals surface area contributed by atoms with E-state index in [4.69, 9.17) is 5.41 Å². The van der Waals surface area contributed by atoms with E-state index in [9.17, 15) is 0 Å². The second-order valence-electron chi connectivity index (χ2n) is 1.41. The Hall–Kier alpha value is -1.18. The van der Waals surface area contributed by atoms with Gasteiger partial charge in [0.2, 0.25) is 0 Å². The Morgan fingerprint density at radius 2 is 2.25 bits per heavy atom. The zero-order valence-electron chi connectivity index (χ0n) is 5.33. The number of nitrogens with one attached hydrogen (secondary N) is 1. The van der Waals surface area contributed by atoms with Gasteiger partial charge in [0.05, 0.1) is 0 Å². The molecule has 0 bridgehead atoms. The lowest BCUT2D eigenvalue weighted by atomic mass is 10.5. The summed E-state index contributed by atoms with van der Waals surface area (Å²) in [6.07, 6.45) is 1.60. The van der Waals surface area contributed by atoms with Gasteiger partial charge in [0.25, 0.3) is 0 Å². The molecule has 0 aliphatic rings. The molecule has 40 valence electrons. The van der Waals surface area contributed by atoms with Gasteiger partial charge in [-0.2, -0.15) is 0 Å². The Morgan fingerprint density at radius 1 is 1.38 bits per heavy atom. The molecule has 0 radical (unpaired) electrons. The molecule has 0 aromatic carbocycles. The molecule has 0 spiro atoms. The third-order valence-electron chi connectivity index (χ3n) is 0.776. The topological polar surface area (TPSA) is 36.7 Å². The first-order valence-corrected chi connectivity index (χ1v) is 2.35. The molecule has 0 atom stereocenters. The second-order valence-corrected chi connectivity index (χ2v) is 1.41. The summed E-state index contributed by atoms with van der Waals surface area (Å²) in [4.78, 5) is 3.71. The van der Waals surface area contributed by atoms with Gasteiger partial charge in [0.15, 0.2) is 0 Å². The first-order chi connectivity index (χ1) is 3.89. The zero-order chi connectivity index (χ0) is 5.82. The van der Waals surface area contributed by atoms with Crippen LogP contribution >= 0.6 is 0 Å². The minimum absolute atomic E-state index is 0. The Morgan fingerprint density at radius 3 is 3.12 bits per heavy atom. The van der Waals surface area contributed by atoms with Crippen LogP contribution in [0, 0.1) is 5.41 Å². The maximum Gasteiger partial charge on any atom is 1.00 e. The molecule has 0 fully saturated rings. The fraction of sp³-hybridized carbons (Fsp3) is 0. The van der Waals surface area contributed by atoms with Gasteiger partial charge in [-0.05, 0) is 12.1 Å². The van der Waals surface area contributed by atoms with Crippen molar-refractivity contribution in [2.24, 2.45) is 0 Å². The van der Waals surface area contributed by atoms with Crippen LogP contribution in [0.1, 0.15) is 1.43 Å². The summed E-state index contributed by atoms with van der Waals surface area (Å²) in [5.41, 5.74) is 0.301. The van der Waals surface area contributed by atoms with Crippen LogP contribution in [0.25, 0.3) is 0 Å². The predicted octanol–water partition coefficient (Wildman–Crippen LogP) is 0.674. The molecule has 0 saturated heterocycles. The largest absolute Gasteiger partial charge is 1.00 e. The first kappa shape index (κ1) is 4.97. The molecule has 0 amide bonds.